The van der Waals surface area contributed by atoms with E-state index < -0.39 is 0 Å². The molecule has 18 heavy (non-hydrogen) atoms. The van der Waals surface area contributed by atoms with Crippen LogP contribution in [0, 0.1) is 0 Å². The van der Waals surface area contributed by atoms with Gasteiger partial charge in [-0.3, -0.25) is 4.79 Å². The maximum Gasteiger partial charge on any atom is 0.221 e. The van der Waals surface area contributed by atoms with Crippen LogP contribution in [0.25, 0.3) is 0 Å². The van der Waals surface area contributed by atoms with Crippen LogP contribution in [-0.4, -0.2) is 37.6 Å². The minimum atomic E-state index is 0.0654. The van der Waals surface area contributed by atoms with Crippen molar-refractivity contribution in [3.05, 3.63) is 11.1 Å². The summed E-state index contributed by atoms with van der Waals surface area (Å²) in [6, 6.07) is 0. The highest BCUT2D eigenvalue weighted by molar-refractivity contribution is 7.15. The zero-order valence-corrected chi connectivity index (χ0v) is 12.1. The van der Waals surface area contributed by atoms with Crippen LogP contribution >= 0.6 is 11.3 Å². The molecule has 0 unspecified atom stereocenters. The van der Waals surface area contributed by atoms with E-state index in [9.17, 15) is 4.79 Å². The minimum absolute atomic E-state index is 0.0654. The van der Waals surface area contributed by atoms with Gasteiger partial charge < -0.3 is 15.5 Å². The van der Waals surface area contributed by atoms with Crippen molar-refractivity contribution >= 4 is 22.4 Å². The lowest BCUT2D eigenvalue weighted by molar-refractivity contribution is -0.120. The third kappa shape index (κ3) is 4.62. The number of amides is 1. The molecule has 0 radical (unpaired) electrons. The molecule has 0 atom stereocenters. The molecule has 0 aliphatic carbocycles. The standard InChI is InChI=1S/C12H22N4OS/c1-4-16(5-2)12-15-9-10(18-12)8-14-7-6-11(17)13-3/h9,14H,4-8H2,1-3H3,(H,13,17). The average molecular weight is 270 g/mol. The smallest absolute Gasteiger partial charge is 0.221 e. The first-order valence-electron chi connectivity index (χ1n) is 6.32. The summed E-state index contributed by atoms with van der Waals surface area (Å²) in [4.78, 5) is 18.9. The van der Waals surface area contributed by atoms with Gasteiger partial charge in [-0.25, -0.2) is 4.98 Å². The number of hydrogen-bond acceptors (Lipinski definition) is 5. The topological polar surface area (TPSA) is 57.3 Å². The normalized spacial score (nSPS) is 10.4. The Labute approximate surface area is 113 Å². The number of carbonyl (C=O) groups excluding carboxylic acids is 1. The summed E-state index contributed by atoms with van der Waals surface area (Å²) in [7, 11) is 1.65. The molecule has 0 aliphatic rings. The van der Waals surface area contributed by atoms with Crippen molar-refractivity contribution in [1.29, 1.82) is 0 Å². The SMILES string of the molecule is CCN(CC)c1ncc(CNCCC(=O)NC)s1. The molecule has 1 aromatic heterocycles. The fourth-order valence-corrected chi connectivity index (χ4v) is 2.56. The maximum absolute atomic E-state index is 11.0. The van der Waals surface area contributed by atoms with Crippen molar-refractivity contribution in [2.45, 2.75) is 26.8 Å². The van der Waals surface area contributed by atoms with Crippen LogP contribution in [0.5, 0.6) is 0 Å². The minimum Gasteiger partial charge on any atom is -0.359 e. The summed E-state index contributed by atoms with van der Waals surface area (Å²) in [5, 5.41) is 6.92. The molecule has 2 N–H and O–H groups in total. The van der Waals surface area contributed by atoms with E-state index in [0.717, 1.165) is 24.8 Å². The molecule has 0 fully saturated rings. The average Bonchev–Trinajstić information content (AvgIpc) is 2.84. The predicted molar refractivity (Wildman–Crippen MR) is 76.1 cm³/mol. The highest BCUT2D eigenvalue weighted by Crippen LogP contribution is 2.21. The molecule has 1 rings (SSSR count). The number of rotatable bonds is 8. The third-order valence-electron chi connectivity index (χ3n) is 2.68. The van der Waals surface area contributed by atoms with Gasteiger partial charge in [-0.2, -0.15) is 0 Å². The zero-order chi connectivity index (χ0) is 13.4. The van der Waals surface area contributed by atoms with Crippen LogP contribution in [0.3, 0.4) is 0 Å². The van der Waals surface area contributed by atoms with E-state index >= 15 is 0 Å². The largest absolute Gasteiger partial charge is 0.359 e. The van der Waals surface area contributed by atoms with Gasteiger partial charge in [-0.1, -0.05) is 0 Å². The molecule has 102 valence electrons. The van der Waals surface area contributed by atoms with Crippen LogP contribution in [-0.2, 0) is 11.3 Å². The molecule has 0 saturated heterocycles. The molecule has 0 spiro atoms. The Bertz CT molecular complexity index is 363. The molecule has 0 bridgehead atoms. The van der Waals surface area contributed by atoms with Gasteiger partial charge in [0.1, 0.15) is 0 Å². The summed E-state index contributed by atoms with van der Waals surface area (Å²) in [5.41, 5.74) is 0. The Morgan fingerprint density at radius 1 is 1.44 bits per heavy atom. The van der Waals surface area contributed by atoms with Gasteiger partial charge in [0.2, 0.25) is 5.91 Å². The number of aromatic nitrogens is 1. The molecular formula is C12H22N4OS. The molecule has 1 aromatic rings. The van der Waals surface area contributed by atoms with Crippen LogP contribution < -0.4 is 15.5 Å². The van der Waals surface area contributed by atoms with Gasteiger partial charge in [-0.15, -0.1) is 11.3 Å². The lowest BCUT2D eigenvalue weighted by atomic mass is 10.4. The lowest BCUT2D eigenvalue weighted by Crippen LogP contribution is -2.24. The summed E-state index contributed by atoms with van der Waals surface area (Å²) in [6.45, 7) is 7.69. The molecule has 0 aromatic carbocycles. The molecule has 1 heterocycles. The molecule has 0 aliphatic heterocycles. The fourth-order valence-electron chi connectivity index (χ4n) is 1.56. The van der Waals surface area contributed by atoms with E-state index in [1.165, 1.54) is 4.88 Å². The molecule has 0 saturated carbocycles. The number of nitrogens with zero attached hydrogens (tertiary/aromatic N) is 2. The Morgan fingerprint density at radius 2 is 2.17 bits per heavy atom. The van der Waals surface area contributed by atoms with Crippen molar-refractivity contribution in [2.75, 3.05) is 31.6 Å². The Morgan fingerprint density at radius 3 is 2.78 bits per heavy atom. The summed E-state index contributed by atoms with van der Waals surface area (Å²) < 4.78 is 0. The van der Waals surface area contributed by atoms with Crippen LogP contribution in [0.2, 0.25) is 0 Å². The maximum atomic E-state index is 11.0. The van der Waals surface area contributed by atoms with Gasteiger partial charge >= 0.3 is 0 Å². The van der Waals surface area contributed by atoms with Crippen LogP contribution in [0.4, 0.5) is 5.13 Å². The third-order valence-corrected chi connectivity index (χ3v) is 3.74. The second kappa shape index (κ2) is 8.05. The molecule has 5 nitrogen and oxygen atoms in total. The number of thiazole rings is 1. The van der Waals surface area contributed by atoms with Crippen molar-refractivity contribution in [3.63, 3.8) is 0 Å². The molecular weight excluding hydrogens is 248 g/mol. The van der Waals surface area contributed by atoms with E-state index in [0.29, 0.717) is 13.0 Å². The van der Waals surface area contributed by atoms with Crippen LogP contribution in [0.1, 0.15) is 25.1 Å². The highest BCUT2D eigenvalue weighted by atomic mass is 32.1. The summed E-state index contributed by atoms with van der Waals surface area (Å²) in [6.07, 6.45) is 2.42. The number of carbonyl (C=O) groups is 1. The van der Waals surface area contributed by atoms with Gasteiger partial charge in [0.15, 0.2) is 5.13 Å². The van der Waals surface area contributed by atoms with E-state index in [1.807, 2.05) is 6.20 Å². The number of nitrogens with one attached hydrogen (secondary N) is 2. The monoisotopic (exact) mass is 270 g/mol. The number of hydrogen-bond donors (Lipinski definition) is 2. The predicted octanol–water partition coefficient (Wildman–Crippen LogP) is 1.21. The first kappa shape index (κ1) is 14.9. The first-order chi connectivity index (χ1) is 8.71. The van der Waals surface area contributed by atoms with Crippen molar-refractivity contribution in [3.8, 4) is 0 Å². The summed E-state index contributed by atoms with van der Waals surface area (Å²) in [5.74, 6) is 0.0654. The van der Waals surface area contributed by atoms with Gasteiger partial charge in [0.25, 0.3) is 0 Å². The quantitative estimate of drug-likeness (QED) is 0.697. The highest BCUT2D eigenvalue weighted by Gasteiger charge is 2.07. The molecule has 1 amide bonds. The second-order valence-electron chi connectivity index (χ2n) is 3.88. The van der Waals surface area contributed by atoms with Gasteiger partial charge in [-0.05, 0) is 13.8 Å². The van der Waals surface area contributed by atoms with Crippen molar-refractivity contribution < 1.29 is 4.79 Å². The van der Waals surface area contributed by atoms with E-state index in [-0.39, 0.29) is 5.91 Å². The number of anilines is 1. The summed E-state index contributed by atoms with van der Waals surface area (Å²) >= 11 is 1.71. The lowest BCUT2D eigenvalue weighted by Gasteiger charge is -2.16. The molecule has 6 heteroatoms. The Hall–Kier alpha value is -1.14. The first-order valence-corrected chi connectivity index (χ1v) is 7.13. The van der Waals surface area contributed by atoms with E-state index in [4.69, 9.17) is 0 Å². The van der Waals surface area contributed by atoms with Gasteiger partial charge in [0, 0.05) is 50.7 Å². The zero-order valence-electron chi connectivity index (χ0n) is 11.3. The van der Waals surface area contributed by atoms with E-state index in [2.05, 4.69) is 34.4 Å². The van der Waals surface area contributed by atoms with Crippen molar-refractivity contribution in [1.82, 2.24) is 15.6 Å². The van der Waals surface area contributed by atoms with Crippen LogP contribution in [0.15, 0.2) is 6.20 Å². The Kier molecular flexibility index (Phi) is 6.67. The second-order valence-corrected chi connectivity index (χ2v) is 4.98. The fraction of sp³-hybridized carbons (Fsp3) is 0.667. The van der Waals surface area contributed by atoms with Crippen molar-refractivity contribution in [2.24, 2.45) is 0 Å². The Balaban J connectivity index is 2.33. The van der Waals surface area contributed by atoms with E-state index in [1.54, 1.807) is 18.4 Å². The van der Waals surface area contributed by atoms with Gasteiger partial charge in [0.05, 0.1) is 0 Å².